The summed E-state index contributed by atoms with van der Waals surface area (Å²) in [4.78, 5) is 20.1. The summed E-state index contributed by atoms with van der Waals surface area (Å²) in [6, 6.07) is 0.0826. The van der Waals surface area contributed by atoms with Crippen LogP contribution >= 0.6 is 0 Å². The van der Waals surface area contributed by atoms with E-state index in [1.807, 2.05) is 20.8 Å². The highest BCUT2D eigenvalue weighted by atomic mass is 16.3. The number of nitrogens with one attached hydrogen (secondary N) is 2. The zero-order chi connectivity index (χ0) is 16.3. The van der Waals surface area contributed by atoms with Crippen LogP contribution < -0.4 is 16.4 Å². The lowest BCUT2D eigenvalue weighted by Crippen LogP contribution is -2.32. The highest BCUT2D eigenvalue weighted by molar-refractivity contribution is 5.97. The Bertz CT molecular complexity index is 541. The van der Waals surface area contributed by atoms with Gasteiger partial charge in [0.2, 0.25) is 5.95 Å². The normalized spacial score (nSPS) is 22.2. The van der Waals surface area contributed by atoms with Crippen LogP contribution in [0.1, 0.15) is 56.8 Å². The zero-order valence-corrected chi connectivity index (χ0v) is 13.4. The second-order valence-corrected chi connectivity index (χ2v) is 6.86. The van der Waals surface area contributed by atoms with Crippen molar-refractivity contribution in [3.63, 3.8) is 0 Å². The van der Waals surface area contributed by atoms with E-state index in [9.17, 15) is 9.90 Å². The molecule has 1 saturated carbocycles. The molecule has 0 saturated heterocycles. The largest absolute Gasteiger partial charge is 0.393 e. The number of aromatic nitrogens is 2. The van der Waals surface area contributed by atoms with Gasteiger partial charge in [0, 0.05) is 17.8 Å². The summed E-state index contributed by atoms with van der Waals surface area (Å²) in [6.45, 7) is 6.01. The average molecular weight is 307 g/mol. The minimum Gasteiger partial charge on any atom is -0.393 e. The Morgan fingerprint density at radius 1 is 1.41 bits per heavy atom. The molecule has 0 aliphatic heterocycles. The zero-order valence-electron chi connectivity index (χ0n) is 13.4. The van der Waals surface area contributed by atoms with Gasteiger partial charge in [-0.1, -0.05) is 0 Å². The van der Waals surface area contributed by atoms with Gasteiger partial charge >= 0.3 is 0 Å². The third kappa shape index (κ3) is 4.56. The van der Waals surface area contributed by atoms with Crippen molar-refractivity contribution in [2.75, 3.05) is 10.6 Å². The summed E-state index contributed by atoms with van der Waals surface area (Å²) in [7, 11) is 0. The molecule has 7 heteroatoms. The molecular weight excluding hydrogens is 282 g/mol. The number of nitrogens with zero attached hydrogens (tertiary/aromatic N) is 2. The van der Waals surface area contributed by atoms with Crippen molar-refractivity contribution in [1.29, 1.82) is 0 Å². The SMILES string of the molecule is CC(C)(C)Nc1ncc(C(N)=O)c(NC2CCCC(O)C2)n1. The van der Waals surface area contributed by atoms with Crippen LogP contribution in [0.15, 0.2) is 6.20 Å². The van der Waals surface area contributed by atoms with Crippen molar-refractivity contribution >= 4 is 17.7 Å². The lowest BCUT2D eigenvalue weighted by atomic mass is 9.93. The first-order valence-electron chi connectivity index (χ1n) is 7.64. The first-order chi connectivity index (χ1) is 10.2. The van der Waals surface area contributed by atoms with E-state index in [2.05, 4.69) is 20.6 Å². The van der Waals surface area contributed by atoms with Gasteiger partial charge in [-0.2, -0.15) is 4.98 Å². The minimum atomic E-state index is -0.568. The van der Waals surface area contributed by atoms with E-state index >= 15 is 0 Å². The molecule has 22 heavy (non-hydrogen) atoms. The molecule has 122 valence electrons. The molecule has 0 spiro atoms. The number of carbonyl (C=O) groups is 1. The maximum atomic E-state index is 11.6. The van der Waals surface area contributed by atoms with Crippen molar-refractivity contribution in [2.24, 2.45) is 5.73 Å². The molecule has 1 aliphatic carbocycles. The van der Waals surface area contributed by atoms with E-state index in [1.165, 1.54) is 6.20 Å². The molecule has 1 aromatic heterocycles. The highest BCUT2D eigenvalue weighted by Gasteiger charge is 2.23. The fraction of sp³-hybridized carbons (Fsp3) is 0.667. The molecule has 7 nitrogen and oxygen atoms in total. The summed E-state index contributed by atoms with van der Waals surface area (Å²) in [6.07, 6.45) is 4.47. The summed E-state index contributed by atoms with van der Waals surface area (Å²) in [5.74, 6) is 0.297. The summed E-state index contributed by atoms with van der Waals surface area (Å²) < 4.78 is 0. The molecule has 1 heterocycles. The number of hydrogen-bond acceptors (Lipinski definition) is 6. The van der Waals surface area contributed by atoms with Crippen molar-refractivity contribution in [3.05, 3.63) is 11.8 Å². The van der Waals surface area contributed by atoms with Crippen LogP contribution in [-0.4, -0.2) is 38.7 Å². The molecule has 1 fully saturated rings. The number of primary amides is 1. The lowest BCUT2D eigenvalue weighted by Gasteiger charge is -2.28. The van der Waals surface area contributed by atoms with Crippen LogP contribution in [-0.2, 0) is 0 Å². The third-order valence-corrected chi connectivity index (χ3v) is 3.53. The number of aliphatic hydroxyl groups excluding tert-OH is 1. The Labute approximate surface area is 130 Å². The van der Waals surface area contributed by atoms with Crippen LogP contribution in [0.25, 0.3) is 0 Å². The number of nitrogens with two attached hydrogens (primary N) is 1. The number of anilines is 2. The van der Waals surface area contributed by atoms with Crippen LogP contribution in [0.3, 0.4) is 0 Å². The second-order valence-electron chi connectivity index (χ2n) is 6.86. The fourth-order valence-electron chi connectivity index (χ4n) is 2.56. The van der Waals surface area contributed by atoms with Gasteiger partial charge in [0.1, 0.15) is 5.82 Å². The second kappa shape index (κ2) is 6.48. The molecule has 1 aromatic rings. The number of carbonyl (C=O) groups excluding carboxylic acids is 1. The van der Waals surface area contributed by atoms with Crippen molar-refractivity contribution in [2.45, 2.75) is 64.1 Å². The topological polar surface area (TPSA) is 113 Å². The molecule has 2 unspecified atom stereocenters. The van der Waals surface area contributed by atoms with Gasteiger partial charge < -0.3 is 21.5 Å². The molecule has 0 bridgehead atoms. The molecule has 2 atom stereocenters. The van der Waals surface area contributed by atoms with E-state index in [1.54, 1.807) is 0 Å². The van der Waals surface area contributed by atoms with E-state index in [0.717, 1.165) is 19.3 Å². The Morgan fingerprint density at radius 2 is 2.14 bits per heavy atom. The quantitative estimate of drug-likeness (QED) is 0.670. The fourth-order valence-corrected chi connectivity index (χ4v) is 2.56. The summed E-state index contributed by atoms with van der Waals surface area (Å²) in [5, 5.41) is 16.2. The highest BCUT2D eigenvalue weighted by Crippen LogP contribution is 2.24. The molecule has 0 radical (unpaired) electrons. The Kier molecular flexibility index (Phi) is 4.85. The molecule has 1 aliphatic rings. The Hall–Kier alpha value is -1.89. The molecule has 0 aromatic carbocycles. The smallest absolute Gasteiger partial charge is 0.254 e. The summed E-state index contributed by atoms with van der Waals surface area (Å²) >= 11 is 0. The van der Waals surface area contributed by atoms with E-state index in [0.29, 0.717) is 18.2 Å². The van der Waals surface area contributed by atoms with Gasteiger partial charge in [-0.15, -0.1) is 0 Å². The molecule has 5 N–H and O–H groups in total. The van der Waals surface area contributed by atoms with Gasteiger partial charge in [0.25, 0.3) is 5.91 Å². The van der Waals surface area contributed by atoms with Gasteiger partial charge in [-0.05, 0) is 46.5 Å². The van der Waals surface area contributed by atoms with E-state index in [-0.39, 0.29) is 23.2 Å². The van der Waals surface area contributed by atoms with Crippen molar-refractivity contribution in [1.82, 2.24) is 9.97 Å². The minimum absolute atomic E-state index is 0.0826. The summed E-state index contributed by atoms with van der Waals surface area (Å²) in [5.41, 5.74) is 5.47. The van der Waals surface area contributed by atoms with Crippen LogP contribution in [0.5, 0.6) is 0 Å². The van der Waals surface area contributed by atoms with Crippen LogP contribution in [0, 0.1) is 0 Å². The first kappa shape index (κ1) is 16.5. The number of rotatable bonds is 4. The Balaban J connectivity index is 2.21. The maximum Gasteiger partial charge on any atom is 0.254 e. The van der Waals surface area contributed by atoms with Crippen LogP contribution in [0.4, 0.5) is 11.8 Å². The van der Waals surface area contributed by atoms with Gasteiger partial charge in [0.05, 0.1) is 11.7 Å². The maximum absolute atomic E-state index is 11.6. The lowest BCUT2D eigenvalue weighted by molar-refractivity contribution is 0.100. The number of hydrogen-bond donors (Lipinski definition) is 4. The van der Waals surface area contributed by atoms with E-state index in [4.69, 9.17) is 5.73 Å². The number of aliphatic hydroxyl groups is 1. The van der Waals surface area contributed by atoms with E-state index < -0.39 is 5.91 Å². The monoisotopic (exact) mass is 307 g/mol. The Morgan fingerprint density at radius 3 is 2.73 bits per heavy atom. The molecule has 2 rings (SSSR count). The molecule has 1 amide bonds. The molecular formula is C15H25N5O2. The average Bonchev–Trinajstić information content (AvgIpc) is 2.36. The third-order valence-electron chi connectivity index (χ3n) is 3.53. The van der Waals surface area contributed by atoms with Gasteiger partial charge in [0.15, 0.2) is 0 Å². The van der Waals surface area contributed by atoms with Crippen molar-refractivity contribution in [3.8, 4) is 0 Å². The van der Waals surface area contributed by atoms with Gasteiger partial charge in [-0.3, -0.25) is 4.79 Å². The predicted molar refractivity (Wildman–Crippen MR) is 85.8 cm³/mol. The van der Waals surface area contributed by atoms with Crippen molar-refractivity contribution < 1.29 is 9.90 Å². The number of amides is 1. The van der Waals surface area contributed by atoms with Crippen LogP contribution in [0.2, 0.25) is 0 Å². The first-order valence-corrected chi connectivity index (χ1v) is 7.64. The van der Waals surface area contributed by atoms with Gasteiger partial charge in [-0.25, -0.2) is 4.98 Å². The predicted octanol–water partition coefficient (Wildman–Crippen LogP) is 1.50. The standard InChI is InChI=1S/C15H25N5O2/c1-15(2,3)20-14-17-8-11(12(16)22)13(19-14)18-9-5-4-6-10(21)7-9/h8-10,21H,4-7H2,1-3H3,(H2,16,22)(H2,17,18,19,20).